The second kappa shape index (κ2) is 7.64. The lowest BCUT2D eigenvalue weighted by Crippen LogP contribution is -2.44. The number of carboxylic acids is 1. The Morgan fingerprint density at radius 3 is 2.60 bits per heavy atom. The minimum absolute atomic E-state index is 0.113. The zero-order chi connectivity index (χ0) is 18.6. The van der Waals surface area contributed by atoms with Crippen LogP contribution in [0.4, 0.5) is 0 Å². The quantitative estimate of drug-likeness (QED) is 0.613. The van der Waals surface area contributed by atoms with E-state index in [2.05, 4.69) is 15.0 Å². The molecule has 1 aromatic rings. The van der Waals surface area contributed by atoms with Crippen molar-refractivity contribution in [1.29, 1.82) is 0 Å². The van der Waals surface area contributed by atoms with E-state index in [0.29, 0.717) is 12.0 Å². The van der Waals surface area contributed by atoms with Crippen LogP contribution in [0.25, 0.3) is 0 Å². The van der Waals surface area contributed by atoms with E-state index >= 15 is 0 Å². The van der Waals surface area contributed by atoms with Gasteiger partial charge in [-0.25, -0.2) is 13.2 Å². The Morgan fingerprint density at radius 1 is 1.28 bits per heavy atom. The summed E-state index contributed by atoms with van der Waals surface area (Å²) < 4.78 is 26.3. The first-order valence-electron chi connectivity index (χ1n) is 7.91. The highest BCUT2D eigenvalue weighted by atomic mass is 32.2. The average molecular weight is 367 g/mol. The van der Waals surface area contributed by atoms with Crippen LogP contribution in [0, 0.1) is 5.92 Å². The molecule has 0 radical (unpaired) electrons. The highest BCUT2D eigenvalue weighted by molar-refractivity contribution is 7.90. The molecule has 8 nitrogen and oxygen atoms in total. The van der Waals surface area contributed by atoms with Crippen LogP contribution in [0.1, 0.15) is 32.3 Å². The molecule has 1 amide bonds. The topological polar surface area (TPSA) is 125 Å². The molecular weight excluding hydrogens is 346 g/mol. The minimum Gasteiger partial charge on any atom is -0.480 e. The Hall–Kier alpha value is -2.42. The van der Waals surface area contributed by atoms with E-state index in [1.54, 1.807) is 32.0 Å². The molecule has 0 saturated heterocycles. The summed E-state index contributed by atoms with van der Waals surface area (Å²) in [6.07, 6.45) is 0.491. The number of rotatable bonds is 7. The number of fused-ring (bicyclic) bond motifs is 1. The van der Waals surface area contributed by atoms with E-state index in [0.717, 1.165) is 0 Å². The number of hydrogen-bond donors (Lipinski definition) is 3. The first-order valence-corrected chi connectivity index (χ1v) is 9.39. The van der Waals surface area contributed by atoms with Crippen LogP contribution in [-0.4, -0.2) is 43.8 Å². The molecule has 9 heteroatoms. The summed E-state index contributed by atoms with van der Waals surface area (Å²) in [6.45, 7) is 3.68. The van der Waals surface area contributed by atoms with Gasteiger partial charge in [-0.2, -0.15) is 0 Å². The molecule has 1 aliphatic rings. The molecular formula is C16H21N3O5S. The highest BCUT2D eigenvalue weighted by Crippen LogP contribution is 2.22. The Balaban J connectivity index is 1.90. The van der Waals surface area contributed by atoms with Gasteiger partial charge >= 0.3 is 5.97 Å². The van der Waals surface area contributed by atoms with Gasteiger partial charge in [0.2, 0.25) is 5.91 Å². The summed E-state index contributed by atoms with van der Waals surface area (Å²) in [5, 5.41) is 11.5. The van der Waals surface area contributed by atoms with Crippen LogP contribution in [0.3, 0.4) is 0 Å². The number of carbonyl (C=O) groups is 2. The molecule has 136 valence electrons. The molecule has 0 unspecified atom stereocenters. The number of aliphatic imine (C=N–C) groups is 1. The predicted octanol–water partition coefficient (Wildman–Crippen LogP) is 0.731. The monoisotopic (exact) mass is 367 g/mol. The largest absolute Gasteiger partial charge is 0.480 e. The average Bonchev–Trinajstić information content (AvgIpc) is 2.80. The van der Waals surface area contributed by atoms with Gasteiger partial charge < -0.3 is 10.4 Å². The number of benzene rings is 1. The van der Waals surface area contributed by atoms with Crippen LogP contribution in [0.2, 0.25) is 0 Å². The summed E-state index contributed by atoms with van der Waals surface area (Å²) >= 11 is 0. The van der Waals surface area contributed by atoms with Crippen molar-refractivity contribution in [2.45, 2.75) is 37.6 Å². The van der Waals surface area contributed by atoms with E-state index < -0.39 is 22.0 Å². The van der Waals surface area contributed by atoms with Crippen LogP contribution < -0.4 is 10.0 Å². The van der Waals surface area contributed by atoms with Gasteiger partial charge in [-0.1, -0.05) is 26.0 Å². The maximum Gasteiger partial charge on any atom is 0.326 e. The number of hydrogen-bond acceptors (Lipinski definition) is 5. The normalized spacial score (nSPS) is 17.8. The number of aliphatic carboxylic acids is 1. The third kappa shape index (κ3) is 4.56. The predicted molar refractivity (Wildman–Crippen MR) is 91.8 cm³/mol. The number of amidine groups is 1. The smallest absolute Gasteiger partial charge is 0.326 e. The van der Waals surface area contributed by atoms with Crippen molar-refractivity contribution >= 4 is 27.7 Å². The van der Waals surface area contributed by atoms with Crippen LogP contribution in [0.15, 0.2) is 34.2 Å². The number of carbonyl (C=O) groups excluding carboxylic acids is 1. The maximum absolute atomic E-state index is 11.9. The Bertz CT molecular complexity index is 802. The van der Waals surface area contributed by atoms with Crippen molar-refractivity contribution in [2.24, 2.45) is 10.9 Å². The zero-order valence-electron chi connectivity index (χ0n) is 14.0. The Morgan fingerprint density at radius 2 is 1.96 bits per heavy atom. The lowest BCUT2D eigenvalue weighted by molar-refractivity contribution is -0.143. The fraction of sp³-hybridized carbons (Fsp3) is 0.438. The van der Waals surface area contributed by atoms with Crippen molar-refractivity contribution < 1.29 is 23.1 Å². The summed E-state index contributed by atoms with van der Waals surface area (Å²) in [4.78, 5) is 27.3. The lowest BCUT2D eigenvalue weighted by Gasteiger charge is -2.17. The fourth-order valence-corrected chi connectivity index (χ4v) is 3.69. The number of carboxylic acid groups (broad SMARTS) is 1. The zero-order valence-corrected chi connectivity index (χ0v) is 14.8. The van der Waals surface area contributed by atoms with E-state index in [9.17, 15) is 18.0 Å². The highest BCUT2D eigenvalue weighted by Gasteiger charge is 2.30. The van der Waals surface area contributed by atoms with Gasteiger partial charge in [0.15, 0.2) is 0 Å². The lowest BCUT2D eigenvalue weighted by atomic mass is 10.0. The van der Waals surface area contributed by atoms with Crippen molar-refractivity contribution in [3.05, 3.63) is 29.8 Å². The third-order valence-corrected chi connectivity index (χ3v) is 5.14. The van der Waals surface area contributed by atoms with Gasteiger partial charge in [-0.05, 0) is 24.5 Å². The standard InChI is InChI=1S/C16H21N3O5S/c1-10(2)14(16(21)22)18-13(20)8-5-9-17-15-11-6-3-4-7-12(11)25(23,24)19-15/h3-4,6-7,10,14H,5,8-9H2,1-2H3,(H,17,19)(H,18,20)(H,21,22)/t14-/m1/s1. The molecule has 1 heterocycles. The van der Waals surface area contributed by atoms with Gasteiger partial charge in [0, 0.05) is 18.5 Å². The molecule has 25 heavy (non-hydrogen) atoms. The summed E-state index contributed by atoms with van der Waals surface area (Å²) in [5.41, 5.74) is 0.512. The van der Waals surface area contributed by atoms with E-state index in [1.165, 1.54) is 6.07 Å². The molecule has 0 saturated carbocycles. The SMILES string of the molecule is CC(C)[C@@H](NC(=O)CCCN=C1NS(=O)(=O)c2ccccc21)C(=O)O. The summed E-state index contributed by atoms with van der Waals surface area (Å²) in [7, 11) is -3.57. The van der Waals surface area contributed by atoms with Crippen molar-refractivity contribution in [1.82, 2.24) is 10.0 Å². The summed E-state index contributed by atoms with van der Waals surface area (Å²) in [5.74, 6) is -1.39. The molecule has 2 rings (SSSR count). The molecule has 1 atom stereocenters. The van der Waals surface area contributed by atoms with Gasteiger partial charge in [-0.15, -0.1) is 0 Å². The third-order valence-electron chi connectivity index (χ3n) is 3.74. The molecule has 1 aliphatic heterocycles. The fourth-order valence-electron chi connectivity index (χ4n) is 2.44. The van der Waals surface area contributed by atoms with E-state index in [1.807, 2.05) is 0 Å². The van der Waals surface area contributed by atoms with Crippen LogP contribution >= 0.6 is 0 Å². The van der Waals surface area contributed by atoms with E-state index in [4.69, 9.17) is 5.11 Å². The van der Waals surface area contributed by atoms with Crippen LogP contribution in [0.5, 0.6) is 0 Å². The first-order chi connectivity index (χ1) is 11.7. The molecule has 0 aromatic heterocycles. The second-order valence-electron chi connectivity index (χ2n) is 6.06. The molecule has 1 aromatic carbocycles. The molecule has 0 bridgehead atoms. The number of amides is 1. The van der Waals surface area contributed by atoms with Gasteiger partial charge in [-0.3, -0.25) is 14.5 Å². The maximum atomic E-state index is 11.9. The van der Waals surface area contributed by atoms with Crippen molar-refractivity contribution in [3.63, 3.8) is 0 Å². The van der Waals surface area contributed by atoms with Gasteiger partial charge in [0.1, 0.15) is 11.9 Å². The van der Waals surface area contributed by atoms with Gasteiger partial charge in [0.25, 0.3) is 10.0 Å². The second-order valence-corrected chi connectivity index (χ2v) is 7.71. The number of sulfonamides is 1. The molecule has 0 fully saturated rings. The number of nitrogens with one attached hydrogen (secondary N) is 2. The van der Waals surface area contributed by atoms with Crippen LogP contribution in [-0.2, 0) is 19.6 Å². The Kier molecular flexibility index (Phi) is 5.78. The van der Waals surface area contributed by atoms with Gasteiger partial charge in [0.05, 0.1) is 4.90 Å². The molecule has 3 N–H and O–H groups in total. The van der Waals surface area contributed by atoms with Crippen molar-refractivity contribution in [2.75, 3.05) is 6.54 Å². The molecule has 0 spiro atoms. The first kappa shape index (κ1) is 18.9. The summed E-state index contributed by atoms with van der Waals surface area (Å²) in [6, 6.07) is 5.61. The van der Waals surface area contributed by atoms with E-state index in [-0.39, 0.29) is 35.5 Å². The minimum atomic E-state index is -3.57. The molecule has 0 aliphatic carbocycles. The van der Waals surface area contributed by atoms with Crippen molar-refractivity contribution in [3.8, 4) is 0 Å². The Labute approximate surface area is 146 Å². The number of nitrogens with zero attached hydrogens (tertiary/aromatic N) is 1.